The van der Waals surface area contributed by atoms with Crippen molar-refractivity contribution in [1.82, 2.24) is 9.62 Å². The maximum Gasteiger partial charge on any atom is 0.252 e. The van der Waals surface area contributed by atoms with E-state index < -0.39 is 10.0 Å². The number of thiophene rings is 1. The van der Waals surface area contributed by atoms with Crippen LogP contribution in [-0.4, -0.2) is 38.9 Å². The molecule has 2 aliphatic heterocycles. The van der Waals surface area contributed by atoms with Crippen LogP contribution in [0.15, 0.2) is 16.3 Å². The van der Waals surface area contributed by atoms with Crippen LogP contribution in [0, 0.1) is 5.41 Å². The molecule has 4 nitrogen and oxygen atoms in total. The van der Waals surface area contributed by atoms with Gasteiger partial charge in [0.1, 0.15) is 4.21 Å². The standard InChI is InChI=1S/C12H17ClN2O2S2.ClH/c13-10-1-2-11(18-10)19(16,17)15-8-5-12(9-15)3-6-14-7-4-12;/h1-2,14H,3-9H2;1H. The van der Waals surface area contributed by atoms with Crippen LogP contribution in [-0.2, 0) is 10.0 Å². The van der Waals surface area contributed by atoms with E-state index in [0.717, 1.165) is 43.7 Å². The largest absolute Gasteiger partial charge is 0.317 e. The number of nitrogens with zero attached hydrogens (tertiary/aromatic N) is 1. The van der Waals surface area contributed by atoms with Crippen LogP contribution in [0.2, 0.25) is 4.34 Å². The lowest BCUT2D eigenvalue weighted by atomic mass is 9.78. The monoisotopic (exact) mass is 356 g/mol. The molecule has 1 aromatic heterocycles. The molecule has 1 spiro atoms. The Morgan fingerprint density at radius 2 is 1.95 bits per heavy atom. The topological polar surface area (TPSA) is 49.4 Å². The minimum Gasteiger partial charge on any atom is -0.317 e. The van der Waals surface area contributed by atoms with Crippen LogP contribution in [0.25, 0.3) is 0 Å². The molecule has 3 heterocycles. The van der Waals surface area contributed by atoms with Gasteiger partial charge in [-0.1, -0.05) is 11.6 Å². The zero-order chi connectivity index (χ0) is 13.5. The summed E-state index contributed by atoms with van der Waals surface area (Å²) in [5.74, 6) is 0. The molecule has 0 bridgehead atoms. The van der Waals surface area contributed by atoms with Crippen LogP contribution in [0.4, 0.5) is 0 Å². The van der Waals surface area contributed by atoms with Crippen molar-refractivity contribution in [2.75, 3.05) is 26.2 Å². The number of hydrogen-bond acceptors (Lipinski definition) is 4. The fraction of sp³-hybridized carbons (Fsp3) is 0.667. The van der Waals surface area contributed by atoms with E-state index in [4.69, 9.17) is 11.6 Å². The molecule has 1 N–H and O–H groups in total. The van der Waals surface area contributed by atoms with Gasteiger partial charge in [0.2, 0.25) is 0 Å². The van der Waals surface area contributed by atoms with Gasteiger partial charge in [-0.2, -0.15) is 4.31 Å². The van der Waals surface area contributed by atoms with E-state index in [1.807, 2.05) is 0 Å². The van der Waals surface area contributed by atoms with Gasteiger partial charge in [-0.05, 0) is 49.9 Å². The molecule has 0 aliphatic carbocycles. The highest BCUT2D eigenvalue weighted by Crippen LogP contribution is 2.41. The maximum atomic E-state index is 12.5. The van der Waals surface area contributed by atoms with Crippen LogP contribution >= 0.6 is 35.3 Å². The quantitative estimate of drug-likeness (QED) is 0.885. The zero-order valence-electron chi connectivity index (χ0n) is 11.0. The normalized spacial score (nSPS) is 22.9. The summed E-state index contributed by atoms with van der Waals surface area (Å²) in [6.07, 6.45) is 3.13. The van der Waals surface area contributed by atoms with Gasteiger partial charge in [-0.25, -0.2) is 8.42 Å². The Kier molecular flexibility index (Phi) is 5.04. The predicted octanol–water partition coefficient (Wildman–Crippen LogP) is 2.59. The second-order valence-electron chi connectivity index (χ2n) is 5.40. The summed E-state index contributed by atoms with van der Waals surface area (Å²) in [6.45, 7) is 3.29. The first-order chi connectivity index (χ1) is 9.02. The molecule has 2 fully saturated rings. The van der Waals surface area contributed by atoms with Crippen molar-refractivity contribution in [3.63, 3.8) is 0 Å². The van der Waals surface area contributed by atoms with E-state index in [0.29, 0.717) is 21.6 Å². The Bertz CT molecular complexity index is 568. The summed E-state index contributed by atoms with van der Waals surface area (Å²) in [5.41, 5.74) is 0.194. The predicted molar refractivity (Wildman–Crippen MR) is 84.5 cm³/mol. The molecular formula is C12H18Cl2N2O2S2. The van der Waals surface area contributed by atoms with Crippen LogP contribution < -0.4 is 5.32 Å². The first-order valence-electron chi connectivity index (χ1n) is 6.48. The lowest BCUT2D eigenvalue weighted by molar-refractivity contribution is 0.218. The molecule has 0 radical (unpaired) electrons. The molecule has 8 heteroatoms. The van der Waals surface area contributed by atoms with E-state index in [-0.39, 0.29) is 17.8 Å². The lowest BCUT2D eigenvalue weighted by Crippen LogP contribution is -2.39. The van der Waals surface area contributed by atoms with Crippen LogP contribution in [0.3, 0.4) is 0 Å². The molecule has 114 valence electrons. The Hall–Kier alpha value is 0.150. The molecule has 0 amide bonds. The summed E-state index contributed by atoms with van der Waals surface area (Å²) in [5, 5.41) is 3.34. The Labute approximate surface area is 135 Å². The molecule has 1 aromatic rings. The summed E-state index contributed by atoms with van der Waals surface area (Å²) < 4.78 is 27.6. The van der Waals surface area contributed by atoms with Crippen molar-refractivity contribution in [3.8, 4) is 0 Å². The van der Waals surface area contributed by atoms with E-state index in [9.17, 15) is 8.42 Å². The van der Waals surface area contributed by atoms with Gasteiger partial charge in [-0.3, -0.25) is 0 Å². The number of piperidine rings is 1. The highest BCUT2D eigenvalue weighted by molar-refractivity contribution is 7.91. The van der Waals surface area contributed by atoms with Gasteiger partial charge < -0.3 is 5.32 Å². The smallest absolute Gasteiger partial charge is 0.252 e. The molecule has 0 aromatic carbocycles. The number of sulfonamides is 1. The molecular weight excluding hydrogens is 339 g/mol. The van der Waals surface area contributed by atoms with Crippen molar-refractivity contribution < 1.29 is 8.42 Å². The molecule has 0 atom stereocenters. The molecule has 3 rings (SSSR count). The number of hydrogen-bond donors (Lipinski definition) is 1. The fourth-order valence-corrected chi connectivity index (χ4v) is 6.22. The number of nitrogens with one attached hydrogen (secondary N) is 1. The molecule has 2 aliphatic rings. The van der Waals surface area contributed by atoms with E-state index in [1.165, 1.54) is 0 Å². The molecule has 0 saturated carbocycles. The zero-order valence-corrected chi connectivity index (χ0v) is 14.2. The summed E-state index contributed by atoms with van der Waals surface area (Å²) in [7, 11) is -3.35. The third-order valence-electron chi connectivity index (χ3n) is 4.21. The Morgan fingerprint density at radius 1 is 1.25 bits per heavy atom. The van der Waals surface area contributed by atoms with Crippen molar-refractivity contribution >= 4 is 45.4 Å². The third-order valence-corrected chi connectivity index (χ3v) is 7.75. The lowest BCUT2D eigenvalue weighted by Gasteiger charge is -2.33. The van der Waals surface area contributed by atoms with Gasteiger partial charge in [0, 0.05) is 13.1 Å². The summed E-state index contributed by atoms with van der Waals surface area (Å²) in [4.78, 5) is 0. The van der Waals surface area contributed by atoms with Gasteiger partial charge in [0.25, 0.3) is 10.0 Å². The average molecular weight is 357 g/mol. The van der Waals surface area contributed by atoms with E-state index in [2.05, 4.69) is 5.32 Å². The van der Waals surface area contributed by atoms with Gasteiger partial charge in [0.15, 0.2) is 0 Å². The van der Waals surface area contributed by atoms with Crippen LogP contribution in [0.1, 0.15) is 19.3 Å². The maximum absolute atomic E-state index is 12.5. The second-order valence-corrected chi connectivity index (χ2v) is 9.28. The fourth-order valence-electron chi connectivity index (χ4n) is 3.03. The SMILES string of the molecule is Cl.O=S(=O)(c1ccc(Cl)s1)N1CCC2(CCNCC2)C1. The van der Waals surface area contributed by atoms with Gasteiger partial charge in [0.05, 0.1) is 4.34 Å². The second kappa shape index (κ2) is 6.10. The first-order valence-corrected chi connectivity index (χ1v) is 9.12. The number of rotatable bonds is 2. The van der Waals surface area contributed by atoms with Crippen molar-refractivity contribution in [2.24, 2.45) is 5.41 Å². The average Bonchev–Trinajstić information content (AvgIpc) is 2.98. The van der Waals surface area contributed by atoms with Crippen LogP contribution in [0.5, 0.6) is 0 Å². The minimum absolute atomic E-state index is 0. The van der Waals surface area contributed by atoms with Crippen molar-refractivity contribution in [3.05, 3.63) is 16.5 Å². The summed E-state index contributed by atoms with van der Waals surface area (Å²) >= 11 is 6.98. The van der Waals surface area contributed by atoms with Gasteiger partial charge in [-0.15, -0.1) is 23.7 Å². The van der Waals surface area contributed by atoms with Crippen molar-refractivity contribution in [1.29, 1.82) is 0 Å². The Balaban J connectivity index is 0.00000147. The van der Waals surface area contributed by atoms with E-state index in [1.54, 1.807) is 16.4 Å². The molecule has 20 heavy (non-hydrogen) atoms. The molecule has 0 unspecified atom stereocenters. The molecule has 2 saturated heterocycles. The van der Waals surface area contributed by atoms with Crippen molar-refractivity contribution in [2.45, 2.75) is 23.5 Å². The van der Waals surface area contributed by atoms with Gasteiger partial charge >= 0.3 is 0 Å². The minimum atomic E-state index is -3.35. The third kappa shape index (κ3) is 3.00. The highest BCUT2D eigenvalue weighted by Gasteiger charge is 2.43. The first kappa shape index (κ1) is 16.5. The number of halogens is 2. The summed E-state index contributed by atoms with van der Waals surface area (Å²) in [6, 6.07) is 3.26. The Morgan fingerprint density at radius 3 is 2.55 bits per heavy atom. The highest BCUT2D eigenvalue weighted by atomic mass is 35.5. The van der Waals surface area contributed by atoms with E-state index >= 15 is 0 Å².